The highest BCUT2D eigenvalue weighted by Gasteiger charge is 2.18. The van der Waals surface area contributed by atoms with Gasteiger partial charge in [0.15, 0.2) is 0 Å². The number of hydrogen-bond acceptors (Lipinski definition) is 5. The van der Waals surface area contributed by atoms with Gasteiger partial charge in [0.05, 0.1) is 0 Å². The molecule has 1 aromatic heterocycles. The maximum Gasteiger partial charge on any atom is 0.226 e. The van der Waals surface area contributed by atoms with Crippen LogP contribution in [0.25, 0.3) is 11.4 Å². The minimum Gasteiger partial charge on any atom is -0.352 e. The number of amides is 1. The lowest BCUT2D eigenvalue weighted by Crippen LogP contribution is -2.46. The van der Waals surface area contributed by atoms with Gasteiger partial charge in [-0.1, -0.05) is 35.5 Å². The van der Waals surface area contributed by atoms with E-state index in [1.165, 1.54) is 0 Å². The third-order valence-electron chi connectivity index (χ3n) is 4.28. The molecule has 0 unspecified atom stereocenters. The van der Waals surface area contributed by atoms with Crippen molar-refractivity contribution in [1.29, 1.82) is 0 Å². The maximum atomic E-state index is 12.0. The zero-order chi connectivity index (χ0) is 16.8. The van der Waals surface area contributed by atoms with Crippen molar-refractivity contribution < 1.29 is 9.32 Å². The summed E-state index contributed by atoms with van der Waals surface area (Å²) in [7, 11) is 2.10. The molecule has 128 valence electrons. The van der Waals surface area contributed by atoms with E-state index in [2.05, 4.69) is 27.4 Å². The molecule has 0 saturated carbocycles. The molecule has 1 amide bonds. The van der Waals surface area contributed by atoms with Crippen LogP contribution >= 0.6 is 0 Å². The second-order valence-electron chi connectivity index (χ2n) is 6.40. The zero-order valence-electron chi connectivity index (χ0n) is 14.1. The average molecular weight is 328 g/mol. The Morgan fingerprint density at radius 2 is 2.21 bits per heavy atom. The first-order valence-corrected chi connectivity index (χ1v) is 8.56. The number of piperidine rings is 1. The number of likely N-dealkylation sites (N-methyl/N-ethyl adjacent to an activating group) is 1. The molecule has 1 aromatic carbocycles. The first-order chi connectivity index (χ1) is 11.7. The molecular weight excluding hydrogens is 304 g/mol. The molecule has 0 bridgehead atoms. The van der Waals surface area contributed by atoms with Gasteiger partial charge < -0.3 is 14.7 Å². The Hall–Kier alpha value is -2.21. The summed E-state index contributed by atoms with van der Waals surface area (Å²) in [6, 6.07) is 10.0. The molecule has 1 fully saturated rings. The lowest BCUT2D eigenvalue weighted by atomic mass is 10.1. The summed E-state index contributed by atoms with van der Waals surface area (Å²) in [6.45, 7) is 2.06. The monoisotopic (exact) mass is 328 g/mol. The number of nitrogens with one attached hydrogen (secondary N) is 1. The van der Waals surface area contributed by atoms with Crippen molar-refractivity contribution in [2.45, 2.75) is 38.1 Å². The van der Waals surface area contributed by atoms with Gasteiger partial charge in [-0.2, -0.15) is 4.98 Å². The summed E-state index contributed by atoms with van der Waals surface area (Å²) in [6.07, 6.45) is 4.04. The van der Waals surface area contributed by atoms with Crippen LogP contribution in [0.1, 0.15) is 31.6 Å². The van der Waals surface area contributed by atoms with Crippen LogP contribution in [0.15, 0.2) is 34.9 Å². The topological polar surface area (TPSA) is 71.3 Å². The van der Waals surface area contributed by atoms with Crippen LogP contribution in [-0.4, -0.2) is 47.1 Å². The van der Waals surface area contributed by atoms with Crippen molar-refractivity contribution >= 4 is 5.91 Å². The van der Waals surface area contributed by atoms with Gasteiger partial charge in [-0.15, -0.1) is 0 Å². The van der Waals surface area contributed by atoms with E-state index in [1.54, 1.807) is 0 Å². The second-order valence-corrected chi connectivity index (χ2v) is 6.40. The van der Waals surface area contributed by atoms with Gasteiger partial charge in [0.25, 0.3) is 0 Å². The second kappa shape index (κ2) is 8.06. The Labute approximate surface area is 142 Å². The number of rotatable bonds is 6. The fourth-order valence-corrected chi connectivity index (χ4v) is 3.05. The molecule has 0 radical (unpaired) electrons. The number of carbonyl (C=O) groups excluding carboxylic acids is 1. The Bertz CT molecular complexity index is 656. The summed E-state index contributed by atoms with van der Waals surface area (Å²) in [5.41, 5.74) is 0.937. The van der Waals surface area contributed by atoms with E-state index in [1.807, 2.05) is 30.3 Å². The molecular formula is C18H24N4O2. The van der Waals surface area contributed by atoms with Gasteiger partial charge >= 0.3 is 0 Å². The molecule has 2 heterocycles. The predicted octanol–water partition coefficient (Wildman–Crippen LogP) is 2.27. The van der Waals surface area contributed by atoms with Crippen LogP contribution < -0.4 is 5.32 Å². The molecule has 0 aliphatic carbocycles. The highest BCUT2D eigenvalue weighted by molar-refractivity contribution is 5.76. The minimum atomic E-state index is 0.109. The van der Waals surface area contributed by atoms with Crippen molar-refractivity contribution in [3.8, 4) is 11.4 Å². The molecule has 0 spiro atoms. The lowest BCUT2D eigenvalue weighted by Gasteiger charge is -2.30. The van der Waals surface area contributed by atoms with Gasteiger partial charge in [-0.3, -0.25) is 4.79 Å². The SMILES string of the molecule is CN1CCC[C@H](NC(=O)CCCc2nc(-c3ccccc3)no2)C1. The van der Waals surface area contributed by atoms with Gasteiger partial charge in [-0.05, 0) is 32.9 Å². The summed E-state index contributed by atoms with van der Waals surface area (Å²) < 4.78 is 5.27. The fourth-order valence-electron chi connectivity index (χ4n) is 3.05. The number of carbonyl (C=O) groups is 1. The van der Waals surface area contributed by atoms with Gasteiger partial charge in [0, 0.05) is 31.0 Å². The molecule has 3 rings (SSSR count). The molecule has 6 nitrogen and oxygen atoms in total. The quantitative estimate of drug-likeness (QED) is 0.881. The van der Waals surface area contributed by atoms with E-state index in [4.69, 9.17) is 4.52 Å². The van der Waals surface area contributed by atoms with E-state index in [-0.39, 0.29) is 11.9 Å². The van der Waals surface area contributed by atoms with Crippen molar-refractivity contribution in [3.63, 3.8) is 0 Å². The van der Waals surface area contributed by atoms with Crippen LogP contribution in [0.5, 0.6) is 0 Å². The Morgan fingerprint density at radius 3 is 3.00 bits per heavy atom. The Kier molecular flexibility index (Phi) is 5.59. The van der Waals surface area contributed by atoms with Crippen molar-refractivity contribution in [2.24, 2.45) is 0 Å². The zero-order valence-corrected chi connectivity index (χ0v) is 14.1. The van der Waals surface area contributed by atoms with Crippen LogP contribution in [0, 0.1) is 0 Å². The maximum absolute atomic E-state index is 12.0. The number of nitrogens with zero attached hydrogens (tertiary/aromatic N) is 3. The lowest BCUT2D eigenvalue weighted by molar-refractivity contribution is -0.122. The number of aryl methyl sites for hydroxylation is 1. The number of aromatic nitrogens is 2. The standard InChI is InChI=1S/C18H24N4O2/c1-22-12-6-9-15(13-22)19-16(23)10-5-11-17-20-18(21-24-17)14-7-3-2-4-8-14/h2-4,7-8,15H,5-6,9-13H2,1H3,(H,19,23)/t15-/m0/s1. The average Bonchev–Trinajstić information content (AvgIpc) is 3.04. The normalized spacial score (nSPS) is 18.5. The summed E-state index contributed by atoms with van der Waals surface area (Å²) in [5.74, 6) is 1.29. The summed E-state index contributed by atoms with van der Waals surface area (Å²) >= 11 is 0. The highest BCUT2D eigenvalue weighted by Crippen LogP contribution is 2.15. The first kappa shape index (κ1) is 16.6. The molecule has 2 aromatic rings. The number of hydrogen-bond donors (Lipinski definition) is 1. The van der Waals surface area contributed by atoms with Gasteiger partial charge in [-0.25, -0.2) is 0 Å². The molecule has 1 saturated heterocycles. The third-order valence-corrected chi connectivity index (χ3v) is 4.28. The molecule has 1 atom stereocenters. The van der Waals surface area contributed by atoms with Crippen molar-refractivity contribution in [2.75, 3.05) is 20.1 Å². The van der Waals surface area contributed by atoms with Gasteiger partial charge in [0.1, 0.15) is 0 Å². The largest absolute Gasteiger partial charge is 0.352 e. The van der Waals surface area contributed by atoms with E-state index < -0.39 is 0 Å². The Morgan fingerprint density at radius 1 is 1.38 bits per heavy atom. The van der Waals surface area contributed by atoms with Crippen LogP contribution in [-0.2, 0) is 11.2 Å². The first-order valence-electron chi connectivity index (χ1n) is 8.56. The summed E-state index contributed by atoms with van der Waals surface area (Å²) in [5, 5.41) is 7.11. The van der Waals surface area contributed by atoms with E-state index in [0.29, 0.717) is 31.0 Å². The van der Waals surface area contributed by atoms with E-state index >= 15 is 0 Å². The number of benzene rings is 1. The highest BCUT2D eigenvalue weighted by atomic mass is 16.5. The predicted molar refractivity (Wildman–Crippen MR) is 91.3 cm³/mol. The van der Waals surface area contributed by atoms with Crippen LogP contribution in [0.3, 0.4) is 0 Å². The molecule has 1 N–H and O–H groups in total. The smallest absolute Gasteiger partial charge is 0.226 e. The molecule has 1 aliphatic heterocycles. The van der Waals surface area contributed by atoms with E-state index in [9.17, 15) is 4.79 Å². The van der Waals surface area contributed by atoms with E-state index in [0.717, 1.165) is 31.5 Å². The van der Waals surface area contributed by atoms with Crippen molar-refractivity contribution in [1.82, 2.24) is 20.4 Å². The third kappa shape index (κ3) is 4.64. The molecule has 24 heavy (non-hydrogen) atoms. The van der Waals surface area contributed by atoms with Crippen LogP contribution in [0.4, 0.5) is 0 Å². The number of likely N-dealkylation sites (tertiary alicyclic amines) is 1. The van der Waals surface area contributed by atoms with Crippen LogP contribution in [0.2, 0.25) is 0 Å². The molecule has 6 heteroatoms. The Balaban J connectivity index is 1.42. The minimum absolute atomic E-state index is 0.109. The van der Waals surface area contributed by atoms with Gasteiger partial charge in [0.2, 0.25) is 17.6 Å². The summed E-state index contributed by atoms with van der Waals surface area (Å²) in [4.78, 5) is 18.7. The molecule has 1 aliphatic rings. The fraction of sp³-hybridized carbons (Fsp3) is 0.500. The van der Waals surface area contributed by atoms with Crippen molar-refractivity contribution in [3.05, 3.63) is 36.2 Å².